The summed E-state index contributed by atoms with van der Waals surface area (Å²) >= 11 is 0. The molecule has 6 nitrogen and oxygen atoms in total. The average molecular weight is 257 g/mol. The van der Waals surface area contributed by atoms with Gasteiger partial charge in [-0.2, -0.15) is 0 Å². The van der Waals surface area contributed by atoms with Crippen molar-refractivity contribution < 1.29 is 4.79 Å². The Kier molecular flexibility index (Phi) is 4.95. The molecular formula is C12H27N5O. The number of urea groups is 1. The van der Waals surface area contributed by atoms with Crippen LogP contribution in [0.2, 0.25) is 0 Å². The molecule has 1 aliphatic rings. The quantitative estimate of drug-likeness (QED) is 0.565. The Morgan fingerprint density at radius 3 is 2.00 bits per heavy atom. The number of hydrogen-bond donors (Lipinski definition) is 1. The lowest BCUT2D eigenvalue weighted by molar-refractivity contribution is 0.0367. The van der Waals surface area contributed by atoms with Gasteiger partial charge < -0.3 is 14.7 Å². The Morgan fingerprint density at radius 2 is 1.67 bits per heavy atom. The van der Waals surface area contributed by atoms with Gasteiger partial charge >= 0.3 is 6.03 Å². The summed E-state index contributed by atoms with van der Waals surface area (Å²) in [5, 5.41) is 1.74. The fraction of sp³-hybridized carbons (Fsp3) is 0.917. The van der Waals surface area contributed by atoms with Crippen LogP contribution >= 0.6 is 0 Å². The standard InChI is InChI=1S/C12H27N5O/c1-14(2)11(18)17-8-6-12(7-9-17,15(3)4)10-16(5)13/h6-10,13H2,1-5H3. The van der Waals surface area contributed by atoms with Gasteiger partial charge in [0.2, 0.25) is 0 Å². The Hall–Kier alpha value is -0.850. The number of carbonyl (C=O) groups is 1. The Balaban J connectivity index is 2.66. The average Bonchev–Trinajstić information content (AvgIpc) is 2.27. The molecule has 0 aromatic heterocycles. The lowest BCUT2D eigenvalue weighted by Gasteiger charge is -2.47. The topological polar surface area (TPSA) is 56.1 Å². The van der Waals surface area contributed by atoms with Crippen LogP contribution in [0, 0.1) is 0 Å². The number of carbonyl (C=O) groups excluding carboxylic acids is 1. The Labute approximate surface area is 110 Å². The highest BCUT2D eigenvalue weighted by Gasteiger charge is 2.38. The number of nitrogens with two attached hydrogens (primary N) is 1. The number of likely N-dealkylation sites (N-methyl/N-ethyl adjacent to an activating group) is 2. The maximum atomic E-state index is 11.9. The predicted molar refractivity (Wildman–Crippen MR) is 73.1 cm³/mol. The Bertz CT molecular complexity index is 282. The van der Waals surface area contributed by atoms with E-state index in [2.05, 4.69) is 19.0 Å². The van der Waals surface area contributed by atoms with E-state index in [4.69, 9.17) is 5.84 Å². The van der Waals surface area contributed by atoms with Crippen molar-refractivity contribution in [2.75, 3.05) is 54.9 Å². The third-order valence-corrected chi connectivity index (χ3v) is 3.84. The van der Waals surface area contributed by atoms with Crippen molar-refractivity contribution in [3.05, 3.63) is 0 Å². The lowest BCUT2D eigenvalue weighted by atomic mass is 9.86. The number of hydrogen-bond acceptors (Lipinski definition) is 4. The number of piperidine rings is 1. The first-order valence-electron chi connectivity index (χ1n) is 6.38. The van der Waals surface area contributed by atoms with E-state index >= 15 is 0 Å². The molecule has 2 N–H and O–H groups in total. The van der Waals surface area contributed by atoms with Gasteiger partial charge in [-0.05, 0) is 26.9 Å². The molecule has 1 saturated heterocycles. The fourth-order valence-electron chi connectivity index (χ4n) is 2.61. The molecule has 106 valence electrons. The van der Waals surface area contributed by atoms with Gasteiger partial charge in [0.1, 0.15) is 0 Å². The van der Waals surface area contributed by atoms with Gasteiger partial charge in [-0.15, -0.1) is 0 Å². The summed E-state index contributed by atoms with van der Waals surface area (Å²) < 4.78 is 0. The monoisotopic (exact) mass is 257 g/mol. The maximum absolute atomic E-state index is 11.9. The summed E-state index contributed by atoms with van der Waals surface area (Å²) in [5.41, 5.74) is 0.0760. The molecule has 6 heteroatoms. The Morgan fingerprint density at radius 1 is 1.17 bits per heavy atom. The molecule has 1 heterocycles. The molecule has 0 saturated carbocycles. The maximum Gasteiger partial charge on any atom is 0.319 e. The van der Waals surface area contributed by atoms with Gasteiger partial charge in [-0.3, -0.25) is 5.84 Å². The SMILES string of the molecule is CN(N)CC1(N(C)C)CCN(C(=O)N(C)C)CC1. The molecular weight excluding hydrogens is 230 g/mol. The van der Waals surface area contributed by atoms with E-state index in [0.717, 1.165) is 32.5 Å². The molecule has 0 unspecified atom stereocenters. The zero-order valence-electron chi connectivity index (χ0n) is 12.3. The molecule has 0 aliphatic carbocycles. The normalized spacial score (nSPS) is 19.4. The minimum atomic E-state index is 0.0760. The van der Waals surface area contributed by atoms with E-state index in [9.17, 15) is 4.79 Å². The van der Waals surface area contributed by atoms with Crippen LogP contribution < -0.4 is 5.84 Å². The van der Waals surface area contributed by atoms with E-state index < -0.39 is 0 Å². The minimum Gasteiger partial charge on any atom is -0.331 e. The van der Waals surface area contributed by atoms with Gasteiger partial charge in [0, 0.05) is 46.3 Å². The summed E-state index contributed by atoms with van der Waals surface area (Å²) in [4.78, 5) is 17.7. The third kappa shape index (κ3) is 3.34. The molecule has 0 aromatic rings. The first-order chi connectivity index (χ1) is 8.28. The highest BCUT2D eigenvalue weighted by atomic mass is 16.2. The van der Waals surface area contributed by atoms with Crippen molar-refractivity contribution in [3.8, 4) is 0 Å². The van der Waals surface area contributed by atoms with Gasteiger partial charge in [0.15, 0.2) is 0 Å². The number of hydrazine groups is 1. The molecule has 0 aromatic carbocycles. The second kappa shape index (κ2) is 5.86. The van der Waals surface area contributed by atoms with Crippen molar-refractivity contribution >= 4 is 6.03 Å². The second-order valence-electron chi connectivity index (χ2n) is 5.70. The second-order valence-corrected chi connectivity index (χ2v) is 5.70. The highest BCUT2D eigenvalue weighted by molar-refractivity contribution is 5.73. The molecule has 0 bridgehead atoms. The minimum absolute atomic E-state index is 0.0760. The first kappa shape index (κ1) is 15.2. The molecule has 0 atom stereocenters. The molecule has 2 amide bonds. The van der Waals surface area contributed by atoms with Crippen LogP contribution in [-0.4, -0.2) is 86.2 Å². The summed E-state index contributed by atoms with van der Waals surface area (Å²) in [6, 6.07) is 0.100. The van der Waals surface area contributed by atoms with Crippen molar-refractivity contribution in [2.24, 2.45) is 5.84 Å². The van der Waals surface area contributed by atoms with E-state index in [1.807, 2.05) is 11.9 Å². The predicted octanol–water partition coefficient (Wildman–Crippen LogP) is -0.130. The van der Waals surface area contributed by atoms with Crippen molar-refractivity contribution in [1.82, 2.24) is 19.7 Å². The number of nitrogens with zero attached hydrogens (tertiary/aromatic N) is 4. The van der Waals surface area contributed by atoms with Crippen LogP contribution in [0.5, 0.6) is 0 Å². The van der Waals surface area contributed by atoms with E-state index in [0.29, 0.717) is 0 Å². The van der Waals surface area contributed by atoms with Crippen LogP contribution in [0.3, 0.4) is 0 Å². The molecule has 1 rings (SSSR count). The number of rotatable bonds is 3. The summed E-state index contributed by atoms with van der Waals surface area (Å²) in [7, 11) is 9.66. The smallest absolute Gasteiger partial charge is 0.319 e. The summed E-state index contributed by atoms with van der Waals surface area (Å²) in [6.45, 7) is 2.41. The molecule has 1 fully saturated rings. The van der Waals surface area contributed by atoms with Crippen molar-refractivity contribution in [3.63, 3.8) is 0 Å². The molecule has 1 aliphatic heterocycles. The molecule has 0 spiro atoms. The van der Waals surface area contributed by atoms with Crippen LogP contribution in [-0.2, 0) is 0 Å². The highest BCUT2D eigenvalue weighted by Crippen LogP contribution is 2.27. The van der Waals surface area contributed by atoms with Crippen LogP contribution in [0.25, 0.3) is 0 Å². The largest absolute Gasteiger partial charge is 0.331 e. The van der Waals surface area contributed by atoms with Crippen LogP contribution in [0.1, 0.15) is 12.8 Å². The zero-order valence-corrected chi connectivity index (χ0v) is 12.3. The fourth-order valence-corrected chi connectivity index (χ4v) is 2.61. The summed E-state index contributed by atoms with van der Waals surface area (Å²) in [6.07, 6.45) is 1.92. The summed E-state index contributed by atoms with van der Waals surface area (Å²) in [5.74, 6) is 5.81. The van der Waals surface area contributed by atoms with Gasteiger partial charge in [0.05, 0.1) is 0 Å². The van der Waals surface area contributed by atoms with Gasteiger partial charge in [0.25, 0.3) is 0 Å². The number of likely N-dealkylation sites (tertiary alicyclic amines) is 1. The van der Waals surface area contributed by atoms with E-state index in [-0.39, 0.29) is 11.6 Å². The number of amides is 2. The third-order valence-electron chi connectivity index (χ3n) is 3.84. The van der Waals surface area contributed by atoms with Crippen LogP contribution in [0.4, 0.5) is 4.79 Å². The van der Waals surface area contributed by atoms with Crippen molar-refractivity contribution in [2.45, 2.75) is 18.4 Å². The van der Waals surface area contributed by atoms with Gasteiger partial charge in [-0.25, -0.2) is 9.80 Å². The molecule has 18 heavy (non-hydrogen) atoms. The molecule has 0 radical (unpaired) electrons. The van der Waals surface area contributed by atoms with Gasteiger partial charge in [-0.1, -0.05) is 0 Å². The lowest BCUT2D eigenvalue weighted by Crippen LogP contribution is -2.60. The van der Waals surface area contributed by atoms with E-state index in [1.165, 1.54) is 0 Å². The van der Waals surface area contributed by atoms with E-state index in [1.54, 1.807) is 24.0 Å². The van der Waals surface area contributed by atoms with Crippen molar-refractivity contribution in [1.29, 1.82) is 0 Å². The first-order valence-corrected chi connectivity index (χ1v) is 6.38. The zero-order chi connectivity index (χ0) is 13.9. The van der Waals surface area contributed by atoms with Crippen LogP contribution in [0.15, 0.2) is 0 Å².